The van der Waals surface area contributed by atoms with Gasteiger partial charge in [-0.05, 0) is 44.0 Å². The van der Waals surface area contributed by atoms with Gasteiger partial charge < -0.3 is 9.80 Å². The summed E-state index contributed by atoms with van der Waals surface area (Å²) in [4.78, 5) is 24.5. The normalized spacial score (nSPS) is 23.4. The van der Waals surface area contributed by atoms with Crippen LogP contribution in [-0.4, -0.2) is 77.9 Å². The van der Waals surface area contributed by atoms with Crippen molar-refractivity contribution >= 4 is 16.8 Å². The first-order valence-electron chi connectivity index (χ1n) is 11.1. The fraction of sp³-hybridized carbons (Fsp3) is 0.542. The molecule has 6 nitrogen and oxygen atoms in total. The molecule has 0 saturated carbocycles. The van der Waals surface area contributed by atoms with E-state index in [4.69, 9.17) is 0 Å². The quantitative estimate of drug-likeness (QED) is 0.783. The Morgan fingerprint density at radius 3 is 2.73 bits per heavy atom. The number of aromatic nitrogens is 1. The maximum atomic E-state index is 13.3. The van der Waals surface area contributed by atoms with Gasteiger partial charge in [-0.15, -0.1) is 0 Å². The zero-order chi connectivity index (χ0) is 21.1. The average molecular weight is 406 g/mol. The molecule has 158 valence electrons. The Balaban J connectivity index is 1.59. The molecule has 2 unspecified atom stereocenters. The molecule has 1 amide bonds. The zero-order valence-corrected chi connectivity index (χ0v) is 18.0. The molecule has 0 N–H and O–H groups in total. The molecule has 2 saturated heterocycles. The standard InChI is InChI=1S/C24H31N5O/c1-3-22-20(19-9-8-18(16-25)24-21(19)6-4-10-26-24)7-5-11-29(22)23(30)17-28-14-12-27(2)13-15-28/h4,6,8-10,20,22H,3,5,7,11-15,17H2,1-2H3. The number of piperidine rings is 1. The number of hydrogen-bond acceptors (Lipinski definition) is 5. The van der Waals surface area contributed by atoms with Gasteiger partial charge in [-0.3, -0.25) is 14.7 Å². The fourth-order valence-corrected chi connectivity index (χ4v) is 5.13. The van der Waals surface area contributed by atoms with Crippen molar-refractivity contribution < 1.29 is 4.79 Å². The molecule has 2 atom stereocenters. The largest absolute Gasteiger partial charge is 0.338 e. The van der Waals surface area contributed by atoms with E-state index in [0.29, 0.717) is 12.1 Å². The van der Waals surface area contributed by atoms with E-state index in [2.05, 4.69) is 51.9 Å². The number of likely N-dealkylation sites (N-methyl/N-ethyl adjacent to an activating group) is 1. The van der Waals surface area contributed by atoms with Crippen LogP contribution in [0.15, 0.2) is 30.5 Å². The number of nitriles is 1. The summed E-state index contributed by atoms with van der Waals surface area (Å²) in [6.07, 6.45) is 4.75. The number of benzene rings is 1. The summed E-state index contributed by atoms with van der Waals surface area (Å²) in [5.74, 6) is 0.534. The number of rotatable bonds is 4. The highest BCUT2D eigenvalue weighted by Gasteiger charge is 2.35. The van der Waals surface area contributed by atoms with Crippen molar-refractivity contribution in [3.63, 3.8) is 0 Å². The molecule has 0 bridgehead atoms. The summed E-state index contributed by atoms with van der Waals surface area (Å²) in [5, 5.41) is 10.5. The first-order valence-corrected chi connectivity index (χ1v) is 11.1. The van der Waals surface area contributed by atoms with E-state index in [-0.39, 0.29) is 17.9 Å². The van der Waals surface area contributed by atoms with Gasteiger partial charge in [0.15, 0.2) is 0 Å². The lowest BCUT2D eigenvalue weighted by Crippen LogP contribution is -2.53. The Bertz CT molecular complexity index is 944. The topological polar surface area (TPSA) is 63.5 Å². The van der Waals surface area contributed by atoms with E-state index in [1.54, 1.807) is 6.20 Å². The molecule has 1 aromatic heterocycles. The summed E-state index contributed by atoms with van der Waals surface area (Å²) in [7, 11) is 2.14. The molecule has 3 heterocycles. The second-order valence-corrected chi connectivity index (χ2v) is 8.60. The lowest BCUT2D eigenvalue weighted by atomic mass is 9.80. The van der Waals surface area contributed by atoms with Gasteiger partial charge in [0.05, 0.1) is 17.6 Å². The third kappa shape index (κ3) is 4.05. The molecule has 2 aliphatic heterocycles. The predicted molar refractivity (Wildman–Crippen MR) is 118 cm³/mol. The summed E-state index contributed by atoms with van der Waals surface area (Å²) >= 11 is 0. The highest BCUT2D eigenvalue weighted by molar-refractivity contribution is 5.88. The van der Waals surface area contributed by atoms with Gasteiger partial charge in [-0.1, -0.05) is 19.1 Å². The molecule has 2 fully saturated rings. The van der Waals surface area contributed by atoms with Crippen molar-refractivity contribution in [3.05, 3.63) is 41.6 Å². The number of carbonyl (C=O) groups excluding carboxylic acids is 1. The van der Waals surface area contributed by atoms with Crippen LogP contribution in [0.25, 0.3) is 10.9 Å². The molecule has 2 aliphatic rings. The highest BCUT2D eigenvalue weighted by atomic mass is 16.2. The second kappa shape index (κ2) is 9.11. The number of fused-ring (bicyclic) bond motifs is 1. The third-order valence-corrected chi connectivity index (χ3v) is 6.80. The van der Waals surface area contributed by atoms with Gasteiger partial charge >= 0.3 is 0 Å². The van der Waals surface area contributed by atoms with Gasteiger partial charge in [-0.2, -0.15) is 5.26 Å². The van der Waals surface area contributed by atoms with Crippen molar-refractivity contribution in [2.45, 2.75) is 38.1 Å². The second-order valence-electron chi connectivity index (χ2n) is 8.60. The monoisotopic (exact) mass is 405 g/mol. The van der Waals surface area contributed by atoms with Gasteiger partial charge in [0, 0.05) is 56.3 Å². The number of hydrogen-bond donors (Lipinski definition) is 0. The third-order valence-electron chi connectivity index (χ3n) is 6.80. The number of amides is 1. The Hall–Kier alpha value is -2.49. The van der Waals surface area contributed by atoms with Crippen LogP contribution in [0.1, 0.15) is 43.2 Å². The predicted octanol–water partition coefficient (Wildman–Crippen LogP) is 2.84. The number of likely N-dealkylation sites (tertiary alicyclic amines) is 1. The van der Waals surface area contributed by atoms with Gasteiger partial charge in [0.2, 0.25) is 5.91 Å². The number of piperazine rings is 1. The number of pyridine rings is 1. The minimum absolute atomic E-state index is 0.190. The van der Waals surface area contributed by atoms with Crippen molar-refractivity contribution in [2.24, 2.45) is 0 Å². The Labute approximate surface area is 179 Å². The Kier molecular flexibility index (Phi) is 6.31. The first-order chi connectivity index (χ1) is 14.6. The van der Waals surface area contributed by atoms with Gasteiger partial charge in [-0.25, -0.2) is 0 Å². The summed E-state index contributed by atoms with van der Waals surface area (Å²) in [5.41, 5.74) is 2.61. The van der Waals surface area contributed by atoms with E-state index in [9.17, 15) is 10.1 Å². The van der Waals surface area contributed by atoms with Crippen LogP contribution >= 0.6 is 0 Å². The van der Waals surface area contributed by atoms with Crippen molar-refractivity contribution in [2.75, 3.05) is 46.3 Å². The van der Waals surface area contributed by atoms with Gasteiger partial charge in [0.25, 0.3) is 0 Å². The lowest BCUT2D eigenvalue weighted by Gasteiger charge is -2.43. The number of nitrogens with zero attached hydrogens (tertiary/aromatic N) is 5. The molecule has 6 heteroatoms. The maximum Gasteiger partial charge on any atom is 0.237 e. The molecule has 4 rings (SSSR count). The van der Waals surface area contributed by atoms with E-state index in [1.807, 2.05) is 12.1 Å². The molecular weight excluding hydrogens is 374 g/mol. The van der Waals surface area contributed by atoms with Crippen LogP contribution < -0.4 is 0 Å². The molecule has 0 spiro atoms. The van der Waals surface area contributed by atoms with Crippen LogP contribution in [0.4, 0.5) is 0 Å². The minimum atomic E-state index is 0.190. The Morgan fingerprint density at radius 2 is 2.00 bits per heavy atom. The van der Waals surface area contributed by atoms with E-state index >= 15 is 0 Å². The number of carbonyl (C=O) groups is 1. The minimum Gasteiger partial charge on any atom is -0.338 e. The van der Waals surface area contributed by atoms with E-state index in [0.717, 1.165) is 62.9 Å². The van der Waals surface area contributed by atoms with Crippen LogP contribution in [0.3, 0.4) is 0 Å². The van der Waals surface area contributed by atoms with Crippen molar-refractivity contribution in [1.29, 1.82) is 5.26 Å². The molecule has 30 heavy (non-hydrogen) atoms. The molecule has 1 aromatic carbocycles. The Morgan fingerprint density at radius 1 is 1.20 bits per heavy atom. The molecule has 2 aromatic rings. The molecule has 0 aliphatic carbocycles. The summed E-state index contributed by atoms with van der Waals surface area (Å²) in [6.45, 7) is 7.52. The zero-order valence-electron chi connectivity index (χ0n) is 18.0. The van der Waals surface area contributed by atoms with Crippen molar-refractivity contribution in [3.8, 4) is 6.07 Å². The van der Waals surface area contributed by atoms with Crippen LogP contribution in [0.2, 0.25) is 0 Å². The average Bonchev–Trinajstić information content (AvgIpc) is 2.79. The van der Waals surface area contributed by atoms with Crippen LogP contribution in [0.5, 0.6) is 0 Å². The summed E-state index contributed by atoms with van der Waals surface area (Å²) in [6, 6.07) is 10.4. The smallest absolute Gasteiger partial charge is 0.237 e. The molecule has 0 radical (unpaired) electrons. The highest BCUT2D eigenvalue weighted by Crippen LogP contribution is 2.38. The lowest BCUT2D eigenvalue weighted by molar-refractivity contribution is -0.137. The maximum absolute atomic E-state index is 13.3. The van der Waals surface area contributed by atoms with E-state index < -0.39 is 0 Å². The van der Waals surface area contributed by atoms with E-state index in [1.165, 1.54) is 5.56 Å². The van der Waals surface area contributed by atoms with Crippen LogP contribution in [-0.2, 0) is 4.79 Å². The fourth-order valence-electron chi connectivity index (χ4n) is 5.13. The summed E-state index contributed by atoms with van der Waals surface area (Å²) < 4.78 is 0. The van der Waals surface area contributed by atoms with Crippen molar-refractivity contribution in [1.82, 2.24) is 19.7 Å². The SMILES string of the molecule is CCC1C(c2ccc(C#N)c3ncccc23)CCCN1C(=O)CN1CCN(C)CC1. The van der Waals surface area contributed by atoms with Gasteiger partial charge in [0.1, 0.15) is 6.07 Å². The molecular formula is C24H31N5O. The van der Waals surface area contributed by atoms with Crippen LogP contribution in [0, 0.1) is 11.3 Å². The first kappa shape index (κ1) is 20.8.